The molecule has 0 heterocycles. The predicted molar refractivity (Wildman–Crippen MR) is 57.1 cm³/mol. The summed E-state index contributed by atoms with van der Waals surface area (Å²) in [5.41, 5.74) is 1.29. The predicted octanol–water partition coefficient (Wildman–Crippen LogP) is 2.45. The lowest BCUT2D eigenvalue weighted by Gasteiger charge is -2.18. The fraction of sp³-hybridized carbons (Fsp3) is 0.500. The second-order valence-electron chi connectivity index (χ2n) is 3.89. The normalized spacial score (nSPS) is 15.0. The molecule has 0 radical (unpaired) electrons. The Bertz CT molecular complexity index is 325. The van der Waals surface area contributed by atoms with Crippen LogP contribution in [-0.4, -0.2) is 18.8 Å². The molecule has 84 valence electrons. The van der Waals surface area contributed by atoms with Crippen molar-refractivity contribution in [3.8, 4) is 0 Å². The van der Waals surface area contributed by atoms with Crippen LogP contribution in [0.2, 0.25) is 0 Å². The summed E-state index contributed by atoms with van der Waals surface area (Å²) in [6.45, 7) is 4.07. The van der Waals surface area contributed by atoms with Crippen LogP contribution in [0.5, 0.6) is 0 Å². The van der Waals surface area contributed by atoms with Crippen LogP contribution in [0.3, 0.4) is 0 Å². The first kappa shape index (κ1) is 12.1. The van der Waals surface area contributed by atoms with Crippen LogP contribution in [0, 0.1) is 18.7 Å². The third-order valence-corrected chi connectivity index (χ3v) is 2.49. The van der Waals surface area contributed by atoms with Gasteiger partial charge in [-0.05, 0) is 24.1 Å². The minimum Gasteiger partial charge on any atom is -0.388 e. The Labute approximate surface area is 89.7 Å². The summed E-state index contributed by atoms with van der Waals surface area (Å²) in [5, 5.41) is 9.93. The highest BCUT2D eigenvalue weighted by molar-refractivity contribution is 5.25. The topological polar surface area (TPSA) is 29.5 Å². The molecule has 2 unspecified atom stereocenters. The van der Waals surface area contributed by atoms with Crippen LogP contribution in [0.15, 0.2) is 18.2 Å². The van der Waals surface area contributed by atoms with Gasteiger partial charge in [-0.25, -0.2) is 4.39 Å². The highest BCUT2D eigenvalue weighted by Gasteiger charge is 2.16. The van der Waals surface area contributed by atoms with E-state index >= 15 is 0 Å². The van der Waals surface area contributed by atoms with Crippen molar-refractivity contribution in [2.45, 2.75) is 20.0 Å². The maximum atomic E-state index is 13.0. The van der Waals surface area contributed by atoms with Gasteiger partial charge in [-0.1, -0.05) is 19.1 Å². The number of aliphatic hydroxyl groups excluding tert-OH is 1. The number of hydrogen-bond donors (Lipinski definition) is 1. The van der Waals surface area contributed by atoms with E-state index in [-0.39, 0.29) is 11.7 Å². The van der Waals surface area contributed by atoms with Crippen LogP contribution < -0.4 is 0 Å². The van der Waals surface area contributed by atoms with E-state index in [4.69, 9.17) is 4.74 Å². The molecular formula is C12H17FO2. The Hall–Kier alpha value is -0.930. The lowest BCUT2D eigenvalue weighted by Crippen LogP contribution is -2.14. The summed E-state index contributed by atoms with van der Waals surface area (Å²) in [5.74, 6) is -0.245. The zero-order valence-corrected chi connectivity index (χ0v) is 9.33. The second-order valence-corrected chi connectivity index (χ2v) is 3.89. The van der Waals surface area contributed by atoms with Crippen LogP contribution in [0.1, 0.15) is 24.2 Å². The number of hydrogen-bond acceptors (Lipinski definition) is 2. The minimum atomic E-state index is -0.607. The van der Waals surface area contributed by atoms with Crippen LogP contribution in [-0.2, 0) is 4.74 Å². The number of rotatable bonds is 4. The Morgan fingerprint density at radius 3 is 2.67 bits per heavy atom. The van der Waals surface area contributed by atoms with Gasteiger partial charge in [0.1, 0.15) is 5.82 Å². The number of ether oxygens (including phenoxy) is 1. The summed E-state index contributed by atoms with van der Waals surface area (Å²) in [6, 6.07) is 4.67. The van der Waals surface area contributed by atoms with Gasteiger partial charge in [-0.15, -0.1) is 0 Å². The summed E-state index contributed by atoms with van der Waals surface area (Å²) >= 11 is 0. The lowest BCUT2D eigenvalue weighted by atomic mass is 9.97. The molecule has 1 rings (SSSR count). The van der Waals surface area contributed by atoms with Gasteiger partial charge in [0.25, 0.3) is 0 Å². The van der Waals surface area contributed by atoms with Crippen molar-refractivity contribution in [1.82, 2.24) is 0 Å². The third-order valence-electron chi connectivity index (χ3n) is 2.49. The molecule has 3 heteroatoms. The van der Waals surface area contributed by atoms with Gasteiger partial charge < -0.3 is 9.84 Å². The van der Waals surface area contributed by atoms with E-state index in [1.165, 1.54) is 6.07 Å². The molecule has 0 saturated heterocycles. The maximum absolute atomic E-state index is 13.0. The van der Waals surface area contributed by atoms with Gasteiger partial charge in [0.2, 0.25) is 0 Å². The zero-order valence-electron chi connectivity index (χ0n) is 9.33. The quantitative estimate of drug-likeness (QED) is 0.830. The van der Waals surface area contributed by atoms with E-state index in [0.29, 0.717) is 12.2 Å². The molecule has 2 nitrogen and oxygen atoms in total. The zero-order chi connectivity index (χ0) is 11.4. The summed E-state index contributed by atoms with van der Waals surface area (Å²) in [4.78, 5) is 0. The lowest BCUT2D eigenvalue weighted by molar-refractivity contribution is 0.0566. The van der Waals surface area contributed by atoms with Crippen molar-refractivity contribution < 1.29 is 14.2 Å². The largest absolute Gasteiger partial charge is 0.388 e. The van der Waals surface area contributed by atoms with E-state index in [0.717, 1.165) is 5.56 Å². The molecule has 0 saturated carbocycles. The maximum Gasteiger partial charge on any atom is 0.126 e. The van der Waals surface area contributed by atoms with Gasteiger partial charge in [0.15, 0.2) is 0 Å². The average molecular weight is 212 g/mol. The minimum absolute atomic E-state index is 0.000128. The van der Waals surface area contributed by atoms with Crippen molar-refractivity contribution in [2.75, 3.05) is 13.7 Å². The van der Waals surface area contributed by atoms with Crippen LogP contribution in [0.25, 0.3) is 0 Å². The van der Waals surface area contributed by atoms with E-state index in [1.54, 1.807) is 26.2 Å². The Kier molecular flexibility index (Phi) is 4.24. The standard InChI is InChI=1S/C12H17FO2/c1-8-6-10(4-5-11(8)13)12(14)9(2)7-15-3/h4-6,9,12,14H,7H2,1-3H3. The van der Waals surface area contributed by atoms with Crippen LogP contribution in [0.4, 0.5) is 4.39 Å². The molecule has 15 heavy (non-hydrogen) atoms. The molecule has 1 aromatic rings. The smallest absolute Gasteiger partial charge is 0.126 e. The van der Waals surface area contributed by atoms with Crippen LogP contribution >= 0.6 is 0 Å². The summed E-state index contributed by atoms with van der Waals surface area (Å²) in [7, 11) is 1.60. The van der Waals surface area contributed by atoms with Crippen molar-refractivity contribution >= 4 is 0 Å². The summed E-state index contributed by atoms with van der Waals surface area (Å²) < 4.78 is 18.0. The van der Waals surface area contributed by atoms with Gasteiger partial charge in [-0.3, -0.25) is 0 Å². The van der Waals surface area contributed by atoms with E-state index in [2.05, 4.69) is 0 Å². The van der Waals surface area contributed by atoms with Crippen molar-refractivity contribution in [3.05, 3.63) is 35.1 Å². The van der Waals surface area contributed by atoms with E-state index in [9.17, 15) is 9.50 Å². The van der Waals surface area contributed by atoms with E-state index in [1.807, 2.05) is 6.92 Å². The Morgan fingerprint density at radius 1 is 1.47 bits per heavy atom. The molecule has 0 spiro atoms. The van der Waals surface area contributed by atoms with Gasteiger partial charge >= 0.3 is 0 Å². The third kappa shape index (κ3) is 3.01. The number of halogens is 1. The fourth-order valence-corrected chi connectivity index (χ4v) is 1.53. The highest BCUT2D eigenvalue weighted by Crippen LogP contribution is 2.23. The molecule has 0 aliphatic rings. The SMILES string of the molecule is COCC(C)C(O)c1ccc(F)c(C)c1. The molecule has 1 aromatic carbocycles. The molecule has 0 aliphatic heterocycles. The Morgan fingerprint density at radius 2 is 2.13 bits per heavy atom. The van der Waals surface area contributed by atoms with Gasteiger partial charge in [0.05, 0.1) is 12.7 Å². The first-order valence-corrected chi connectivity index (χ1v) is 4.99. The summed E-state index contributed by atoms with van der Waals surface area (Å²) in [6.07, 6.45) is -0.607. The number of benzene rings is 1. The van der Waals surface area contributed by atoms with Crippen molar-refractivity contribution in [1.29, 1.82) is 0 Å². The number of aryl methyl sites for hydroxylation is 1. The molecule has 0 aliphatic carbocycles. The van der Waals surface area contributed by atoms with Gasteiger partial charge in [-0.2, -0.15) is 0 Å². The molecule has 0 amide bonds. The van der Waals surface area contributed by atoms with Gasteiger partial charge in [0, 0.05) is 13.0 Å². The Balaban J connectivity index is 2.81. The number of aliphatic hydroxyl groups is 1. The average Bonchev–Trinajstić information content (AvgIpc) is 2.21. The van der Waals surface area contributed by atoms with Crippen molar-refractivity contribution in [2.24, 2.45) is 5.92 Å². The monoisotopic (exact) mass is 212 g/mol. The first-order chi connectivity index (χ1) is 7.06. The molecule has 0 aromatic heterocycles. The molecule has 0 bridgehead atoms. The fourth-order valence-electron chi connectivity index (χ4n) is 1.53. The van der Waals surface area contributed by atoms with E-state index < -0.39 is 6.10 Å². The molecular weight excluding hydrogens is 195 g/mol. The molecule has 2 atom stereocenters. The second kappa shape index (κ2) is 5.24. The highest BCUT2D eigenvalue weighted by atomic mass is 19.1. The van der Waals surface area contributed by atoms with Crippen molar-refractivity contribution in [3.63, 3.8) is 0 Å². The number of methoxy groups -OCH3 is 1. The first-order valence-electron chi connectivity index (χ1n) is 4.99. The molecule has 0 fully saturated rings. The molecule has 1 N–H and O–H groups in total.